The summed E-state index contributed by atoms with van der Waals surface area (Å²) in [4.78, 5) is 0. The first kappa shape index (κ1) is 30.5. The molecule has 0 fully saturated rings. The fourth-order valence-electron chi connectivity index (χ4n) is 4.64. The standard InChI is InChI=1S/C32H50O4/c1-2-3-4-5-6-7-8-9-10-11-12-19-24-31(35-26-28-20-15-13-16-21-28)32(30(34)25-33)36-27-29-22-17-14-18-23-29/h13-18,20-23,30-34H,2-12,19,24-27H2,1H3/t30-,31+,32+/m1/s1. The number of benzene rings is 2. The predicted octanol–water partition coefficient (Wildman–Crippen LogP) is 7.60. The second-order valence-corrected chi connectivity index (χ2v) is 10.0. The smallest absolute Gasteiger partial charge is 0.112 e. The van der Waals surface area contributed by atoms with E-state index in [9.17, 15) is 10.2 Å². The molecular weight excluding hydrogens is 448 g/mol. The van der Waals surface area contributed by atoms with Gasteiger partial charge in [-0.05, 0) is 17.5 Å². The summed E-state index contributed by atoms with van der Waals surface area (Å²) in [6, 6.07) is 20.0. The lowest BCUT2D eigenvalue weighted by Gasteiger charge is -2.30. The van der Waals surface area contributed by atoms with E-state index >= 15 is 0 Å². The Labute approximate surface area is 220 Å². The summed E-state index contributed by atoms with van der Waals surface area (Å²) in [5.41, 5.74) is 2.14. The van der Waals surface area contributed by atoms with Crippen LogP contribution in [0.15, 0.2) is 60.7 Å². The molecule has 0 unspecified atom stereocenters. The van der Waals surface area contributed by atoms with Crippen molar-refractivity contribution in [2.24, 2.45) is 0 Å². The minimum absolute atomic E-state index is 0.279. The van der Waals surface area contributed by atoms with Crippen LogP contribution in [0.4, 0.5) is 0 Å². The summed E-state index contributed by atoms with van der Waals surface area (Å²) < 4.78 is 12.5. The molecule has 2 aromatic rings. The Morgan fingerprint density at radius 1 is 0.611 bits per heavy atom. The number of rotatable bonds is 22. The summed E-state index contributed by atoms with van der Waals surface area (Å²) in [5, 5.41) is 20.3. The van der Waals surface area contributed by atoms with Crippen LogP contribution in [0.3, 0.4) is 0 Å². The zero-order valence-corrected chi connectivity index (χ0v) is 22.5. The highest BCUT2D eigenvalue weighted by atomic mass is 16.5. The van der Waals surface area contributed by atoms with Gasteiger partial charge < -0.3 is 19.7 Å². The van der Waals surface area contributed by atoms with Crippen LogP contribution in [0.25, 0.3) is 0 Å². The molecule has 2 rings (SSSR count). The Morgan fingerprint density at radius 3 is 1.53 bits per heavy atom. The van der Waals surface area contributed by atoms with Gasteiger partial charge in [-0.25, -0.2) is 0 Å². The Kier molecular flexibility index (Phi) is 17.2. The number of hydrogen-bond acceptors (Lipinski definition) is 4. The molecule has 0 bridgehead atoms. The van der Waals surface area contributed by atoms with E-state index in [0.29, 0.717) is 13.2 Å². The number of ether oxygens (including phenoxy) is 2. The minimum atomic E-state index is -0.980. The molecule has 0 aliphatic heterocycles. The summed E-state index contributed by atoms with van der Waals surface area (Å²) in [7, 11) is 0. The molecule has 36 heavy (non-hydrogen) atoms. The van der Waals surface area contributed by atoms with Gasteiger partial charge in [0.25, 0.3) is 0 Å². The molecule has 0 heterocycles. The average molecular weight is 499 g/mol. The topological polar surface area (TPSA) is 58.9 Å². The highest BCUT2D eigenvalue weighted by Gasteiger charge is 2.29. The van der Waals surface area contributed by atoms with Crippen molar-refractivity contribution in [3.8, 4) is 0 Å². The van der Waals surface area contributed by atoms with Crippen LogP contribution >= 0.6 is 0 Å². The van der Waals surface area contributed by atoms with E-state index in [0.717, 1.165) is 30.4 Å². The zero-order chi connectivity index (χ0) is 25.7. The van der Waals surface area contributed by atoms with Gasteiger partial charge in [-0.3, -0.25) is 0 Å². The maximum atomic E-state index is 10.6. The molecule has 4 nitrogen and oxygen atoms in total. The fourth-order valence-corrected chi connectivity index (χ4v) is 4.64. The molecule has 4 heteroatoms. The van der Waals surface area contributed by atoms with E-state index in [4.69, 9.17) is 9.47 Å². The Balaban J connectivity index is 1.79. The normalized spacial score (nSPS) is 14.0. The van der Waals surface area contributed by atoms with Gasteiger partial charge in [-0.1, -0.05) is 145 Å². The van der Waals surface area contributed by atoms with Crippen molar-refractivity contribution in [2.75, 3.05) is 6.61 Å². The van der Waals surface area contributed by atoms with Crippen molar-refractivity contribution in [2.45, 2.75) is 122 Å². The predicted molar refractivity (Wildman–Crippen MR) is 149 cm³/mol. The molecule has 202 valence electrons. The SMILES string of the molecule is CCCCCCCCCCCCCC[C@H](OCc1ccccc1)[C@@H](OCc1ccccc1)[C@H](O)CO. The first-order valence-corrected chi connectivity index (χ1v) is 14.3. The van der Waals surface area contributed by atoms with Gasteiger partial charge in [0, 0.05) is 0 Å². The first-order chi connectivity index (χ1) is 17.7. The summed E-state index contributed by atoms with van der Waals surface area (Å²) in [6.07, 6.45) is 14.6. The second kappa shape index (κ2) is 20.4. The van der Waals surface area contributed by atoms with Crippen LogP contribution in [-0.4, -0.2) is 35.1 Å². The summed E-state index contributed by atoms with van der Waals surface area (Å²) >= 11 is 0. The van der Waals surface area contributed by atoms with Crippen molar-refractivity contribution in [1.82, 2.24) is 0 Å². The average Bonchev–Trinajstić information content (AvgIpc) is 2.92. The summed E-state index contributed by atoms with van der Waals surface area (Å²) in [5.74, 6) is 0. The van der Waals surface area contributed by atoms with E-state index < -0.39 is 12.2 Å². The molecule has 0 aliphatic carbocycles. The van der Waals surface area contributed by atoms with Gasteiger partial charge >= 0.3 is 0 Å². The third-order valence-electron chi connectivity index (χ3n) is 6.87. The van der Waals surface area contributed by atoms with E-state index in [1.54, 1.807) is 0 Å². The molecule has 0 saturated heterocycles. The number of aliphatic hydroxyl groups is 2. The molecule has 0 spiro atoms. The zero-order valence-electron chi connectivity index (χ0n) is 22.5. The fraction of sp³-hybridized carbons (Fsp3) is 0.625. The van der Waals surface area contributed by atoms with E-state index in [2.05, 4.69) is 6.92 Å². The second-order valence-electron chi connectivity index (χ2n) is 10.0. The number of unbranched alkanes of at least 4 members (excludes halogenated alkanes) is 11. The van der Waals surface area contributed by atoms with E-state index in [1.165, 1.54) is 64.2 Å². The Bertz CT molecular complexity index is 736. The van der Waals surface area contributed by atoms with Gasteiger partial charge in [0.1, 0.15) is 12.2 Å². The van der Waals surface area contributed by atoms with Crippen LogP contribution in [0.5, 0.6) is 0 Å². The van der Waals surface area contributed by atoms with Crippen LogP contribution < -0.4 is 0 Å². The Morgan fingerprint density at radius 2 is 1.06 bits per heavy atom. The van der Waals surface area contributed by atoms with Crippen molar-refractivity contribution in [3.63, 3.8) is 0 Å². The molecule has 0 aliphatic rings. The number of aliphatic hydroxyl groups excluding tert-OH is 2. The lowest BCUT2D eigenvalue weighted by Crippen LogP contribution is -2.43. The monoisotopic (exact) mass is 498 g/mol. The third-order valence-corrected chi connectivity index (χ3v) is 6.87. The van der Waals surface area contributed by atoms with Gasteiger partial charge in [0.15, 0.2) is 0 Å². The van der Waals surface area contributed by atoms with Gasteiger partial charge in [-0.2, -0.15) is 0 Å². The quantitative estimate of drug-likeness (QED) is 0.164. The van der Waals surface area contributed by atoms with Crippen LogP contribution in [-0.2, 0) is 22.7 Å². The first-order valence-electron chi connectivity index (χ1n) is 14.3. The van der Waals surface area contributed by atoms with Crippen LogP contribution in [0.2, 0.25) is 0 Å². The molecule has 0 saturated carbocycles. The Hall–Kier alpha value is -1.72. The molecule has 0 aromatic heterocycles. The van der Waals surface area contributed by atoms with Gasteiger partial charge in [-0.15, -0.1) is 0 Å². The van der Waals surface area contributed by atoms with Crippen LogP contribution in [0, 0.1) is 0 Å². The van der Waals surface area contributed by atoms with E-state index in [1.807, 2.05) is 60.7 Å². The molecule has 2 N–H and O–H groups in total. The van der Waals surface area contributed by atoms with Crippen molar-refractivity contribution < 1.29 is 19.7 Å². The third kappa shape index (κ3) is 13.5. The molecule has 3 atom stereocenters. The van der Waals surface area contributed by atoms with Crippen molar-refractivity contribution >= 4 is 0 Å². The maximum Gasteiger partial charge on any atom is 0.112 e. The lowest BCUT2D eigenvalue weighted by atomic mass is 10.00. The number of hydrogen-bond donors (Lipinski definition) is 2. The highest BCUT2D eigenvalue weighted by molar-refractivity contribution is 5.14. The van der Waals surface area contributed by atoms with Crippen molar-refractivity contribution in [1.29, 1.82) is 0 Å². The van der Waals surface area contributed by atoms with E-state index in [-0.39, 0.29) is 12.7 Å². The molecular formula is C32H50O4. The highest BCUT2D eigenvalue weighted by Crippen LogP contribution is 2.21. The largest absolute Gasteiger partial charge is 0.394 e. The van der Waals surface area contributed by atoms with Gasteiger partial charge in [0.2, 0.25) is 0 Å². The summed E-state index contributed by atoms with van der Waals surface area (Å²) in [6.45, 7) is 2.77. The maximum absolute atomic E-state index is 10.6. The minimum Gasteiger partial charge on any atom is -0.394 e. The van der Waals surface area contributed by atoms with Gasteiger partial charge in [0.05, 0.1) is 25.9 Å². The lowest BCUT2D eigenvalue weighted by molar-refractivity contribution is -0.143. The van der Waals surface area contributed by atoms with Crippen LogP contribution in [0.1, 0.15) is 102 Å². The molecule has 0 radical (unpaired) electrons. The molecule has 2 aromatic carbocycles. The van der Waals surface area contributed by atoms with Crippen molar-refractivity contribution in [3.05, 3.63) is 71.8 Å². The molecule has 0 amide bonds.